The fraction of sp³-hybridized carbons (Fsp3) is 1.00. The first-order chi connectivity index (χ1) is 9.26. The zero-order valence-corrected chi connectivity index (χ0v) is 12.7. The Morgan fingerprint density at radius 3 is 2.74 bits per heavy atom. The summed E-state index contributed by atoms with van der Waals surface area (Å²) in [6, 6.07) is 0. The maximum atomic E-state index is 9.93. The Labute approximate surface area is 118 Å². The predicted octanol–water partition coefficient (Wildman–Crippen LogP) is 1.49. The molecule has 1 heterocycles. The summed E-state index contributed by atoms with van der Waals surface area (Å²) < 4.78 is 5.47. The number of nitrogens with zero attached hydrogens (tertiary/aromatic N) is 1. The first-order valence-corrected chi connectivity index (χ1v) is 7.89. The lowest BCUT2D eigenvalue weighted by Crippen LogP contribution is -2.40. The average molecular weight is 272 g/mol. The van der Waals surface area contributed by atoms with E-state index in [1.807, 2.05) is 7.05 Å². The van der Waals surface area contributed by atoms with E-state index in [0.29, 0.717) is 6.61 Å². The standard InChI is InChI=1S/C15H32N2O2/c1-3-4-11-19-13-15(18)12-17-9-6-14(7-10-17)5-8-16-2/h14-16,18H,3-13H2,1-2H3. The second-order valence-electron chi connectivity index (χ2n) is 5.72. The molecular weight excluding hydrogens is 240 g/mol. The zero-order valence-electron chi connectivity index (χ0n) is 12.7. The highest BCUT2D eigenvalue weighted by Crippen LogP contribution is 2.19. The van der Waals surface area contributed by atoms with Crippen LogP contribution < -0.4 is 5.32 Å². The zero-order chi connectivity index (χ0) is 13.9. The number of β-amino-alcohol motifs (C(OH)–C–C–N with tert-alkyl or cyclic N) is 1. The molecule has 4 heteroatoms. The molecule has 1 fully saturated rings. The normalized spacial score (nSPS) is 19.7. The van der Waals surface area contributed by atoms with Crippen molar-refractivity contribution in [1.82, 2.24) is 10.2 Å². The van der Waals surface area contributed by atoms with E-state index < -0.39 is 0 Å². The Bertz CT molecular complexity index is 206. The van der Waals surface area contributed by atoms with E-state index in [2.05, 4.69) is 17.1 Å². The molecule has 2 N–H and O–H groups in total. The van der Waals surface area contributed by atoms with E-state index in [9.17, 15) is 5.11 Å². The summed E-state index contributed by atoms with van der Waals surface area (Å²) in [6.45, 7) is 7.56. The molecule has 0 aromatic heterocycles. The number of rotatable bonds is 10. The first kappa shape index (κ1) is 16.9. The highest BCUT2D eigenvalue weighted by Gasteiger charge is 2.20. The first-order valence-electron chi connectivity index (χ1n) is 7.89. The lowest BCUT2D eigenvalue weighted by Gasteiger charge is -2.33. The van der Waals surface area contributed by atoms with Gasteiger partial charge in [-0.1, -0.05) is 13.3 Å². The van der Waals surface area contributed by atoms with Crippen LogP contribution in [0.15, 0.2) is 0 Å². The molecule has 19 heavy (non-hydrogen) atoms. The van der Waals surface area contributed by atoms with Crippen LogP contribution >= 0.6 is 0 Å². The fourth-order valence-corrected chi connectivity index (χ4v) is 2.62. The van der Waals surface area contributed by atoms with Crippen molar-refractivity contribution >= 4 is 0 Å². The number of piperidine rings is 1. The predicted molar refractivity (Wildman–Crippen MR) is 79.4 cm³/mol. The number of likely N-dealkylation sites (tertiary alicyclic amines) is 1. The number of aliphatic hydroxyl groups is 1. The van der Waals surface area contributed by atoms with Gasteiger partial charge in [-0.15, -0.1) is 0 Å². The van der Waals surface area contributed by atoms with Crippen molar-refractivity contribution in [2.24, 2.45) is 5.92 Å². The quantitative estimate of drug-likeness (QED) is 0.591. The minimum atomic E-state index is -0.328. The Hall–Kier alpha value is -0.160. The largest absolute Gasteiger partial charge is 0.389 e. The second-order valence-corrected chi connectivity index (χ2v) is 5.72. The highest BCUT2D eigenvalue weighted by atomic mass is 16.5. The Balaban J connectivity index is 2.04. The molecule has 0 amide bonds. The second kappa shape index (κ2) is 10.6. The van der Waals surface area contributed by atoms with E-state index in [-0.39, 0.29) is 6.10 Å². The van der Waals surface area contributed by atoms with Crippen molar-refractivity contribution in [3.63, 3.8) is 0 Å². The molecule has 0 spiro atoms. The summed E-state index contributed by atoms with van der Waals surface area (Å²) in [7, 11) is 2.02. The lowest BCUT2D eigenvalue weighted by atomic mass is 9.93. The number of nitrogens with one attached hydrogen (secondary N) is 1. The Kier molecular flexibility index (Phi) is 9.43. The Morgan fingerprint density at radius 2 is 2.11 bits per heavy atom. The molecule has 0 radical (unpaired) electrons. The number of ether oxygens (including phenoxy) is 1. The molecule has 1 aliphatic heterocycles. The third kappa shape index (κ3) is 7.88. The molecule has 0 aromatic carbocycles. The van der Waals surface area contributed by atoms with E-state index >= 15 is 0 Å². The summed E-state index contributed by atoms with van der Waals surface area (Å²) in [5, 5.41) is 13.2. The van der Waals surface area contributed by atoms with Crippen molar-refractivity contribution < 1.29 is 9.84 Å². The van der Waals surface area contributed by atoms with Gasteiger partial charge in [-0.25, -0.2) is 0 Å². The van der Waals surface area contributed by atoms with Crippen LogP contribution in [0.2, 0.25) is 0 Å². The van der Waals surface area contributed by atoms with Gasteiger partial charge in [0.2, 0.25) is 0 Å². The molecule has 0 bridgehead atoms. The third-order valence-electron chi connectivity index (χ3n) is 3.93. The van der Waals surface area contributed by atoms with Crippen LogP contribution in [0.4, 0.5) is 0 Å². The van der Waals surface area contributed by atoms with Crippen LogP contribution in [0.25, 0.3) is 0 Å². The number of hydrogen-bond donors (Lipinski definition) is 2. The van der Waals surface area contributed by atoms with E-state index in [0.717, 1.165) is 51.5 Å². The fourth-order valence-electron chi connectivity index (χ4n) is 2.62. The smallest absolute Gasteiger partial charge is 0.0900 e. The van der Waals surface area contributed by atoms with E-state index in [1.54, 1.807) is 0 Å². The molecule has 1 aliphatic rings. The van der Waals surface area contributed by atoms with Gasteiger partial charge < -0.3 is 20.1 Å². The molecule has 0 aromatic rings. The van der Waals surface area contributed by atoms with Crippen molar-refractivity contribution in [2.45, 2.75) is 45.1 Å². The van der Waals surface area contributed by atoms with Crippen molar-refractivity contribution in [3.8, 4) is 0 Å². The van der Waals surface area contributed by atoms with Gasteiger partial charge in [-0.3, -0.25) is 0 Å². The number of hydrogen-bond acceptors (Lipinski definition) is 4. The molecule has 1 atom stereocenters. The van der Waals surface area contributed by atoms with Crippen molar-refractivity contribution in [1.29, 1.82) is 0 Å². The molecule has 1 saturated heterocycles. The molecule has 4 nitrogen and oxygen atoms in total. The van der Waals surface area contributed by atoms with Crippen LogP contribution in [0.1, 0.15) is 39.0 Å². The minimum absolute atomic E-state index is 0.328. The van der Waals surface area contributed by atoms with E-state index in [1.165, 1.54) is 19.3 Å². The van der Waals surface area contributed by atoms with Crippen LogP contribution in [-0.4, -0.2) is 62.6 Å². The summed E-state index contributed by atoms with van der Waals surface area (Å²) in [5.41, 5.74) is 0. The van der Waals surface area contributed by atoms with Gasteiger partial charge in [0.1, 0.15) is 0 Å². The summed E-state index contributed by atoms with van der Waals surface area (Å²) in [6.07, 6.45) is 5.73. The summed E-state index contributed by atoms with van der Waals surface area (Å²) >= 11 is 0. The highest BCUT2D eigenvalue weighted by molar-refractivity contribution is 4.74. The SMILES string of the molecule is CCCCOCC(O)CN1CCC(CCNC)CC1. The molecule has 1 unspecified atom stereocenters. The van der Waals surface area contributed by atoms with Gasteiger partial charge in [0, 0.05) is 13.2 Å². The van der Waals surface area contributed by atoms with Crippen molar-refractivity contribution in [2.75, 3.05) is 46.4 Å². The Morgan fingerprint density at radius 1 is 1.37 bits per heavy atom. The molecule has 114 valence electrons. The van der Waals surface area contributed by atoms with Crippen LogP contribution in [0.3, 0.4) is 0 Å². The van der Waals surface area contributed by atoms with Gasteiger partial charge in [0.05, 0.1) is 12.7 Å². The maximum absolute atomic E-state index is 9.93. The van der Waals surface area contributed by atoms with Crippen LogP contribution in [0.5, 0.6) is 0 Å². The van der Waals surface area contributed by atoms with Crippen LogP contribution in [0, 0.1) is 5.92 Å². The van der Waals surface area contributed by atoms with Gasteiger partial charge in [0.15, 0.2) is 0 Å². The molecule has 1 rings (SSSR count). The molecule has 0 aliphatic carbocycles. The topological polar surface area (TPSA) is 44.7 Å². The third-order valence-corrected chi connectivity index (χ3v) is 3.93. The number of aliphatic hydroxyl groups excluding tert-OH is 1. The van der Waals surface area contributed by atoms with Gasteiger partial charge in [0.25, 0.3) is 0 Å². The van der Waals surface area contributed by atoms with Crippen molar-refractivity contribution in [3.05, 3.63) is 0 Å². The van der Waals surface area contributed by atoms with E-state index in [4.69, 9.17) is 4.74 Å². The summed E-state index contributed by atoms with van der Waals surface area (Å²) in [4.78, 5) is 2.38. The molecular formula is C15H32N2O2. The number of unbranched alkanes of at least 4 members (excludes halogenated alkanes) is 1. The molecule has 0 saturated carbocycles. The van der Waals surface area contributed by atoms with Gasteiger partial charge in [-0.05, 0) is 58.3 Å². The van der Waals surface area contributed by atoms with Gasteiger partial charge >= 0.3 is 0 Å². The minimum Gasteiger partial charge on any atom is -0.389 e. The lowest BCUT2D eigenvalue weighted by molar-refractivity contribution is 0.00970. The maximum Gasteiger partial charge on any atom is 0.0900 e. The summed E-state index contributed by atoms with van der Waals surface area (Å²) in [5.74, 6) is 0.863. The average Bonchev–Trinajstić information content (AvgIpc) is 2.43. The monoisotopic (exact) mass is 272 g/mol. The van der Waals surface area contributed by atoms with Crippen LogP contribution in [-0.2, 0) is 4.74 Å². The van der Waals surface area contributed by atoms with Gasteiger partial charge in [-0.2, -0.15) is 0 Å².